The van der Waals surface area contributed by atoms with E-state index in [2.05, 4.69) is 20.6 Å². The van der Waals surface area contributed by atoms with Crippen molar-refractivity contribution in [1.29, 1.82) is 0 Å². The standard InChI is InChI=1S/C25H22N4OS/c1-17-15-18(2)27-25(26-17)28-20-10-8-9-19(16-20)24(30)29-22-13-6-7-14-23(22)31-21-11-4-3-5-12-21/h3-16H,1-2H3,(H,29,30)(H,26,27,28). The van der Waals surface area contributed by atoms with Crippen molar-refractivity contribution in [2.45, 2.75) is 23.6 Å². The van der Waals surface area contributed by atoms with E-state index in [0.717, 1.165) is 32.6 Å². The normalized spacial score (nSPS) is 10.5. The summed E-state index contributed by atoms with van der Waals surface area (Å²) in [6.07, 6.45) is 0. The second-order valence-corrected chi connectivity index (χ2v) is 8.16. The Hall–Kier alpha value is -3.64. The monoisotopic (exact) mass is 426 g/mol. The van der Waals surface area contributed by atoms with Gasteiger partial charge in [0.25, 0.3) is 5.91 Å². The van der Waals surface area contributed by atoms with E-state index in [4.69, 9.17) is 0 Å². The third-order valence-electron chi connectivity index (χ3n) is 4.47. The van der Waals surface area contributed by atoms with E-state index >= 15 is 0 Å². The van der Waals surface area contributed by atoms with E-state index in [1.54, 1.807) is 23.9 Å². The molecule has 1 aromatic heterocycles. The van der Waals surface area contributed by atoms with Crippen LogP contribution in [0.3, 0.4) is 0 Å². The molecule has 0 saturated heterocycles. The molecule has 0 bridgehead atoms. The van der Waals surface area contributed by atoms with Crippen molar-refractivity contribution in [1.82, 2.24) is 9.97 Å². The van der Waals surface area contributed by atoms with Crippen molar-refractivity contribution in [2.75, 3.05) is 10.6 Å². The van der Waals surface area contributed by atoms with E-state index in [9.17, 15) is 4.79 Å². The van der Waals surface area contributed by atoms with Crippen LogP contribution in [-0.4, -0.2) is 15.9 Å². The van der Waals surface area contributed by atoms with Crippen LogP contribution >= 0.6 is 11.8 Å². The first kappa shape index (κ1) is 20.6. The number of aryl methyl sites for hydroxylation is 2. The van der Waals surface area contributed by atoms with Gasteiger partial charge in [-0.15, -0.1) is 0 Å². The van der Waals surface area contributed by atoms with E-state index in [1.165, 1.54) is 0 Å². The summed E-state index contributed by atoms with van der Waals surface area (Å²) in [6.45, 7) is 3.85. The molecule has 0 fully saturated rings. The number of rotatable bonds is 6. The molecule has 0 saturated carbocycles. The lowest BCUT2D eigenvalue weighted by Gasteiger charge is -2.12. The van der Waals surface area contributed by atoms with Gasteiger partial charge in [0.05, 0.1) is 5.69 Å². The number of anilines is 3. The molecule has 0 unspecified atom stereocenters. The van der Waals surface area contributed by atoms with Crippen molar-refractivity contribution >= 4 is 35.0 Å². The Bertz CT molecular complexity index is 1190. The summed E-state index contributed by atoms with van der Waals surface area (Å²) in [4.78, 5) is 23.8. The number of para-hydroxylation sites is 1. The number of nitrogens with one attached hydrogen (secondary N) is 2. The maximum Gasteiger partial charge on any atom is 0.255 e. The van der Waals surface area contributed by atoms with Crippen molar-refractivity contribution in [3.05, 3.63) is 102 Å². The van der Waals surface area contributed by atoms with Gasteiger partial charge in [-0.1, -0.05) is 48.2 Å². The van der Waals surface area contributed by atoms with Crippen molar-refractivity contribution < 1.29 is 4.79 Å². The lowest BCUT2D eigenvalue weighted by molar-refractivity contribution is 0.102. The lowest BCUT2D eigenvalue weighted by atomic mass is 10.2. The molecular weight excluding hydrogens is 404 g/mol. The van der Waals surface area contributed by atoms with Crippen LogP contribution in [0, 0.1) is 13.8 Å². The van der Waals surface area contributed by atoms with Crippen LogP contribution in [0.5, 0.6) is 0 Å². The number of hydrogen-bond acceptors (Lipinski definition) is 5. The van der Waals surface area contributed by atoms with E-state index in [0.29, 0.717) is 11.5 Å². The predicted octanol–water partition coefficient (Wildman–Crippen LogP) is 6.24. The molecule has 0 aliphatic heterocycles. The van der Waals surface area contributed by atoms with Gasteiger partial charge in [0.1, 0.15) is 0 Å². The Balaban J connectivity index is 1.51. The zero-order valence-corrected chi connectivity index (χ0v) is 18.1. The van der Waals surface area contributed by atoms with Crippen LogP contribution in [-0.2, 0) is 0 Å². The molecule has 0 radical (unpaired) electrons. The minimum atomic E-state index is -0.175. The average Bonchev–Trinajstić information content (AvgIpc) is 2.75. The van der Waals surface area contributed by atoms with Gasteiger partial charge in [-0.25, -0.2) is 9.97 Å². The summed E-state index contributed by atoms with van der Waals surface area (Å²) in [5, 5.41) is 6.22. The van der Waals surface area contributed by atoms with Gasteiger partial charge in [0.15, 0.2) is 0 Å². The predicted molar refractivity (Wildman–Crippen MR) is 126 cm³/mol. The molecule has 154 valence electrons. The highest BCUT2D eigenvalue weighted by Crippen LogP contribution is 2.33. The molecule has 1 heterocycles. The molecule has 6 heteroatoms. The summed E-state index contributed by atoms with van der Waals surface area (Å²) in [5.41, 5.74) is 3.85. The Morgan fingerprint density at radius 1 is 0.806 bits per heavy atom. The van der Waals surface area contributed by atoms with Gasteiger partial charge >= 0.3 is 0 Å². The Morgan fingerprint density at radius 2 is 1.52 bits per heavy atom. The molecule has 0 aliphatic rings. The summed E-state index contributed by atoms with van der Waals surface area (Å²) in [7, 11) is 0. The second-order valence-electron chi connectivity index (χ2n) is 7.05. The zero-order chi connectivity index (χ0) is 21.6. The maximum absolute atomic E-state index is 13.0. The zero-order valence-electron chi connectivity index (χ0n) is 17.3. The first-order chi connectivity index (χ1) is 15.1. The van der Waals surface area contributed by atoms with Crippen LogP contribution in [0.25, 0.3) is 0 Å². The molecule has 0 aliphatic carbocycles. The molecule has 0 atom stereocenters. The first-order valence-corrected chi connectivity index (χ1v) is 10.7. The Morgan fingerprint density at radius 3 is 2.29 bits per heavy atom. The number of benzene rings is 3. The van der Waals surface area contributed by atoms with Crippen LogP contribution in [0.1, 0.15) is 21.7 Å². The lowest BCUT2D eigenvalue weighted by Crippen LogP contribution is -2.12. The molecule has 4 aromatic rings. The topological polar surface area (TPSA) is 66.9 Å². The number of carbonyl (C=O) groups excluding carboxylic acids is 1. The second kappa shape index (κ2) is 9.45. The minimum absolute atomic E-state index is 0.175. The van der Waals surface area contributed by atoms with Gasteiger partial charge in [0.2, 0.25) is 5.95 Å². The number of amides is 1. The largest absolute Gasteiger partial charge is 0.324 e. The van der Waals surface area contributed by atoms with Crippen LogP contribution in [0.15, 0.2) is 94.7 Å². The maximum atomic E-state index is 13.0. The van der Waals surface area contributed by atoms with Crippen LogP contribution < -0.4 is 10.6 Å². The minimum Gasteiger partial charge on any atom is -0.324 e. The van der Waals surface area contributed by atoms with Crippen molar-refractivity contribution in [3.8, 4) is 0 Å². The molecule has 4 rings (SSSR count). The quantitative estimate of drug-likeness (QED) is 0.382. The van der Waals surface area contributed by atoms with Crippen molar-refractivity contribution in [2.24, 2.45) is 0 Å². The third-order valence-corrected chi connectivity index (χ3v) is 5.55. The van der Waals surface area contributed by atoms with Gasteiger partial charge in [0, 0.05) is 32.4 Å². The molecule has 2 N–H and O–H groups in total. The molecule has 3 aromatic carbocycles. The van der Waals surface area contributed by atoms with E-state index < -0.39 is 0 Å². The van der Waals surface area contributed by atoms with E-state index in [1.807, 2.05) is 86.6 Å². The first-order valence-electron chi connectivity index (χ1n) is 9.89. The van der Waals surface area contributed by atoms with Crippen LogP contribution in [0.4, 0.5) is 17.3 Å². The number of aromatic nitrogens is 2. The van der Waals surface area contributed by atoms with Crippen molar-refractivity contribution in [3.63, 3.8) is 0 Å². The van der Waals surface area contributed by atoms with Gasteiger partial charge < -0.3 is 10.6 Å². The fourth-order valence-corrected chi connectivity index (χ4v) is 4.04. The molecular formula is C25H22N4OS. The molecule has 0 spiro atoms. The number of hydrogen-bond donors (Lipinski definition) is 2. The summed E-state index contributed by atoms with van der Waals surface area (Å²) >= 11 is 1.62. The van der Waals surface area contributed by atoms with Crippen LogP contribution in [0.2, 0.25) is 0 Å². The summed E-state index contributed by atoms with van der Waals surface area (Å²) < 4.78 is 0. The third kappa shape index (κ3) is 5.49. The molecule has 1 amide bonds. The highest BCUT2D eigenvalue weighted by atomic mass is 32.2. The highest BCUT2D eigenvalue weighted by molar-refractivity contribution is 7.99. The highest BCUT2D eigenvalue weighted by Gasteiger charge is 2.11. The van der Waals surface area contributed by atoms with E-state index in [-0.39, 0.29) is 5.91 Å². The SMILES string of the molecule is Cc1cc(C)nc(Nc2cccc(C(=O)Nc3ccccc3Sc3ccccc3)c2)n1. The van der Waals surface area contributed by atoms with Gasteiger partial charge in [-0.05, 0) is 62.4 Å². The number of carbonyl (C=O) groups is 1. The van der Waals surface area contributed by atoms with Gasteiger partial charge in [-0.2, -0.15) is 0 Å². The number of nitrogens with zero attached hydrogens (tertiary/aromatic N) is 2. The fraction of sp³-hybridized carbons (Fsp3) is 0.0800. The average molecular weight is 427 g/mol. The fourth-order valence-electron chi connectivity index (χ4n) is 3.12. The smallest absolute Gasteiger partial charge is 0.255 e. The molecule has 31 heavy (non-hydrogen) atoms. The van der Waals surface area contributed by atoms with Gasteiger partial charge in [-0.3, -0.25) is 4.79 Å². The summed E-state index contributed by atoms with van der Waals surface area (Å²) in [5.74, 6) is 0.339. The Labute approximate surface area is 186 Å². The summed E-state index contributed by atoms with van der Waals surface area (Å²) in [6, 6.07) is 27.1. The Kier molecular flexibility index (Phi) is 6.29. The molecule has 5 nitrogen and oxygen atoms in total.